The number of halogens is 2. The van der Waals surface area contributed by atoms with Crippen LogP contribution in [0.15, 0.2) is 77.9 Å². The van der Waals surface area contributed by atoms with E-state index in [-0.39, 0.29) is 35.9 Å². The molecule has 50 heavy (non-hydrogen) atoms. The zero-order valence-corrected chi connectivity index (χ0v) is 29.4. The van der Waals surface area contributed by atoms with E-state index in [0.29, 0.717) is 18.6 Å². The zero-order chi connectivity index (χ0) is 35.6. The number of anilines is 2. The van der Waals surface area contributed by atoms with E-state index in [9.17, 15) is 18.7 Å². The summed E-state index contributed by atoms with van der Waals surface area (Å²) in [5.41, 5.74) is 1.68. The second-order valence-electron chi connectivity index (χ2n) is 14.5. The van der Waals surface area contributed by atoms with E-state index in [0.717, 1.165) is 49.3 Å². The summed E-state index contributed by atoms with van der Waals surface area (Å²) in [6.45, 7) is 13.4. The normalized spacial score (nSPS) is 21.0. The minimum atomic E-state index is -1.04. The Kier molecular flexibility index (Phi) is 10.3. The molecule has 1 N–H and O–H groups in total. The molecule has 0 saturated carbocycles. The van der Waals surface area contributed by atoms with Crippen LogP contribution in [0.1, 0.15) is 59.1 Å². The first-order valence-electron chi connectivity index (χ1n) is 17.3. The highest BCUT2D eigenvalue weighted by atomic mass is 19.1. The van der Waals surface area contributed by atoms with Crippen molar-refractivity contribution in [3.05, 3.63) is 101 Å². The molecule has 0 bridgehead atoms. The van der Waals surface area contributed by atoms with Gasteiger partial charge < -0.3 is 29.1 Å². The Morgan fingerprint density at radius 1 is 0.960 bits per heavy atom. The molecule has 6 rings (SSSR count). The third kappa shape index (κ3) is 7.72. The van der Waals surface area contributed by atoms with E-state index < -0.39 is 29.6 Å². The van der Waals surface area contributed by atoms with Gasteiger partial charge in [-0.1, -0.05) is 33.8 Å². The minimum absolute atomic E-state index is 0.129. The number of hydrogen-bond acceptors (Lipinski definition) is 8. The van der Waals surface area contributed by atoms with Gasteiger partial charge in [0.25, 0.3) is 0 Å². The number of rotatable bonds is 11. The summed E-state index contributed by atoms with van der Waals surface area (Å²) in [5.74, 6) is -0.611. The predicted molar refractivity (Wildman–Crippen MR) is 188 cm³/mol. The van der Waals surface area contributed by atoms with Gasteiger partial charge in [0.05, 0.1) is 24.4 Å². The summed E-state index contributed by atoms with van der Waals surface area (Å²) in [7, 11) is 0. The van der Waals surface area contributed by atoms with Crippen molar-refractivity contribution >= 4 is 11.4 Å². The summed E-state index contributed by atoms with van der Waals surface area (Å²) in [6.07, 6.45) is 1.22. The van der Waals surface area contributed by atoms with Gasteiger partial charge in [-0.15, -0.1) is 0 Å². The number of hydrogen-bond donors (Lipinski definition) is 1. The van der Waals surface area contributed by atoms with Crippen LogP contribution < -0.4 is 20.2 Å². The number of nitrogens with zero attached hydrogens (tertiary/aromatic N) is 5. The van der Waals surface area contributed by atoms with E-state index in [1.807, 2.05) is 76.2 Å². The molecule has 1 aromatic heterocycles. The van der Waals surface area contributed by atoms with Crippen LogP contribution >= 0.6 is 0 Å². The van der Waals surface area contributed by atoms with Gasteiger partial charge >= 0.3 is 5.69 Å². The fraction of sp³-hybridized carbons (Fsp3) is 0.474. The smallest absolute Gasteiger partial charge is 0.350 e. The van der Waals surface area contributed by atoms with Gasteiger partial charge in [-0.2, -0.15) is 5.10 Å². The monoisotopic (exact) mass is 691 g/mol. The van der Waals surface area contributed by atoms with Crippen LogP contribution in [0.4, 0.5) is 20.2 Å². The fourth-order valence-electron chi connectivity index (χ4n) is 7.08. The Labute approximate surface area is 291 Å². The first kappa shape index (κ1) is 35.6. The SMILES string of the molecule is CC[C@@H]([C@H](C)O)n1ncn(-c2ccc(N3CCN(c4ccc(OC[C@@H]5OC[C@@](CC(C)(C)C)(c6ccc(F)cc6F)O5)cc4)CC3)cc2)c1=O. The summed E-state index contributed by atoms with van der Waals surface area (Å²) in [5, 5.41) is 14.3. The third-order valence-corrected chi connectivity index (χ3v) is 9.44. The lowest BCUT2D eigenvalue weighted by atomic mass is 9.78. The molecule has 0 amide bonds. The lowest BCUT2D eigenvalue weighted by molar-refractivity contribution is -0.120. The van der Waals surface area contributed by atoms with E-state index in [4.69, 9.17) is 14.2 Å². The molecule has 2 fully saturated rings. The molecule has 268 valence electrons. The van der Waals surface area contributed by atoms with Crippen molar-refractivity contribution in [2.75, 3.05) is 49.2 Å². The maximum absolute atomic E-state index is 14.9. The number of aromatic nitrogens is 3. The maximum Gasteiger partial charge on any atom is 0.350 e. The first-order chi connectivity index (χ1) is 23.9. The molecule has 0 unspecified atom stereocenters. The second kappa shape index (κ2) is 14.5. The summed E-state index contributed by atoms with van der Waals surface area (Å²) >= 11 is 0. The number of aliphatic hydroxyl groups is 1. The second-order valence-corrected chi connectivity index (χ2v) is 14.5. The Hall–Kier alpha value is -4.26. The van der Waals surface area contributed by atoms with Gasteiger partial charge in [-0.05, 0) is 79.8 Å². The average Bonchev–Trinajstić information content (AvgIpc) is 3.67. The van der Waals surface area contributed by atoms with Gasteiger partial charge in [0.15, 0.2) is 6.29 Å². The van der Waals surface area contributed by atoms with Crippen molar-refractivity contribution in [3.8, 4) is 11.4 Å². The molecule has 0 radical (unpaired) electrons. The molecular formula is C38H47F2N5O5. The average molecular weight is 692 g/mol. The molecule has 0 spiro atoms. The van der Waals surface area contributed by atoms with E-state index in [2.05, 4.69) is 14.9 Å². The minimum Gasteiger partial charge on any atom is -0.488 e. The number of benzene rings is 3. The van der Waals surface area contributed by atoms with Crippen molar-refractivity contribution in [3.63, 3.8) is 0 Å². The number of piperazine rings is 1. The molecule has 0 aliphatic carbocycles. The van der Waals surface area contributed by atoms with E-state index >= 15 is 0 Å². The highest BCUT2D eigenvalue weighted by Crippen LogP contribution is 2.44. The van der Waals surface area contributed by atoms with Gasteiger partial charge in [-0.3, -0.25) is 0 Å². The Morgan fingerprint density at radius 2 is 1.56 bits per heavy atom. The third-order valence-electron chi connectivity index (χ3n) is 9.44. The van der Waals surface area contributed by atoms with E-state index in [1.165, 1.54) is 27.7 Å². The van der Waals surface area contributed by atoms with Crippen LogP contribution in [0.25, 0.3) is 5.69 Å². The molecule has 4 aromatic rings. The van der Waals surface area contributed by atoms with Gasteiger partial charge in [0.1, 0.15) is 35.9 Å². The molecule has 10 nitrogen and oxygen atoms in total. The van der Waals surface area contributed by atoms with Gasteiger partial charge in [-0.25, -0.2) is 22.8 Å². The van der Waals surface area contributed by atoms with Crippen LogP contribution in [0.3, 0.4) is 0 Å². The van der Waals surface area contributed by atoms with Crippen LogP contribution in [0.5, 0.6) is 5.75 Å². The van der Waals surface area contributed by atoms with Crippen molar-refractivity contribution in [1.29, 1.82) is 0 Å². The predicted octanol–water partition coefficient (Wildman–Crippen LogP) is 6.05. The quantitative estimate of drug-likeness (QED) is 0.203. The number of aliphatic hydroxyl groups excluding tert-OH is 1. The van der Waals surface area contributed by atoms with Crippen molar-refractivity contribution < 1.29 is 28.1 Å². The Balaban J connectivity index is 1.02. The van der Waals surface area contributed by atoms with E-state index in [1.54, 1.807) is 6.92 Å². The highest BCUT2D eigenvalue weighted by molar-refractivity contribution is 5.54. The van der Waals surface area contributed by atoms with Crippen LogP contribution in [-0.4, -0.2) is 71.2 Å². The van der Waals surface area contributed by atoms with Gasteiger partial charge in [0.2, 0.25) is 0 Å². The molecule has 4 atom stereocenters. The van der Waals surface area contributed by atoms with Crippen molar-refractivity contribution in [1.82, 2.24) is 14.3 Å². The topological polar surface area (TPSA) is 94.2 Å². The van der Waals surface area contributed by atoms with Crippen LogP contribution in [0.2, 0.25) is 0 Å². The van der Waals surface area contributed by atoms with Crippen molar-refractivity contribution in [2.45, 2.75) is 71.5 Å². The Bertz CT molecular complexity index is 1800. The lowest BCUT2D eigenvalue weighted by Gasteiger charge is -2.37. The largest absolute Gasteiger partial charge is 0.488 e. The molecular weight excluding hydrogens is 644 g/mol. The first-order valence-corrected chi connectivity index (χ1v) is 17.3. The fourth-order valence-corrected chi connectivity index (χ4v) is 7.08. The summed E-state index contributed by atoms with van der Waals surface area (Å²) in [4.78, 5) is 17.6. The molecule has 3 heterocycles. The standard InChI is InChI=1S/C38H47F2N5O5/c1-6-34(26(2)46)45-36(47)44(25-41-45)30-10-8-28(9-11-30)42-17-19-43(20-18-42)29-12-14-31(15-13-29)48-22-35-49-24-38(50-35,23-37(3,4)5)32-16-7-27(39)21-33(32)40/h7-16,21,25-26,34-35,46H,6,17-20,22-24H2,1-5H3/t26-,34-,35+,38-/m0/s1. The highest BCUT2D eigenvalue weighted by Gasteiger charge is 2.47. The molecule has 2 aliphatic rings. The van der Waals surface area contributed by atoms with Gasteiger partial charge in [0, 0.05) is 49.2 Å². The molecule has 2 saturated heterocycles. The van der Waals surface area contributed by atoms with Crippen LogP contribution in [0, 0.1) is 17.0 Å². The van der Waals surface area contributed by atoms with Crippen molar-refractivity contribution in [2.24, 2.45) is 5.41 Å². The van der Waals surface area contributed by atoms with Crippen LogP contribution in [-0.2, 0) is 15.1 Å². The molecule has 2 aliphatic heterocycles. The molecule has 12 heteroatoms. The number of ether oxygens (including phenoxy) is 3. The molecule has 3 aromatic carbocycles. The Morgan fingerprint density at radius 3 is 2.12 bits per heavy atom. The summed E-state index contributed by atoms with van der Waals surface area (Å²) in [6, 6.07) is 19.0. The summed E-state index contributed by atoms with van der Waals surface area (Å²) < 4.78 is 49.7. The zero-order valence-electron chi connectivity index (χ0n) is 29.4. The lowest BCUT2D eigenvalue weighted by Crippen LogP contribution is -2.46. The maximum atomic E-state index is 14.9.